The van der Waals surface area contributed by atoms with Crippen LogP contribution in [-0.2, 0) is 14.4 Å². The highest BCUT2D eigenvalue weighted by molar-refractivity contribution is 8.02. The number of hydrogen-bond acceptors (Lipinski definition) is 5. The average molecular weight is 478 g/mol. The third-order valence-corrected chi connectivity index (χ3v) is 9.65. The molecule has 7 nitrogen and oxygen atoms in total. The molecule has 1 N–H and O–H groups in total. The molecule has 3 rings (SSSR count). The highest BCUT2D eigenvalue weighted by atomic mass is 32.2. The van der Waals surface area contributed by atoms with Gasteiger partial charge in [-0.15, -0.1) is 24.9 Å². The molecule has 0 aromatic heterocycles. The van der Waals surface area contributed by atoms with E-state index in [-0.39, 0.29) is 42.0 Å². The first-order valence-electron chi connectivity index (χ1n) is 12.1. The van der Waals surface area contributed by atoms with Crippen molar-refractivity contribution < 1.29 is 19.5 Å². The lowest BCUT2D eigenvalue weighted by molar-refractivity contribution is -0.144. The minimum Gasteiger partial charge on any atom is -0.395 e. The van der Waals surface area contributed by atoms with E-state index in [0.717, 1.165) is 25.7 Å². The quantitative estimate of drug-likeness (QED) is 0.344. The van der Waals surface area contributed by atoms with Crippen molar-refractivity contribution in [3.05, 3.63) is 25.3 Å². The van der Waals surface area contributed by atoms with Crippen molar-refractivity contribution in [3.8, 4) is 0 Å². The van der Waals surface area contributed by atoms with Crippen LogP contribution in [-0.4, -0.2) is 93.4 Å². The van der Waals surface area contributed by atoms with Crippen LogP contribution in [0.5, 0.6) is 0 Å². The number of fused-ring (bicyclic) bond motifs is 1. The lowest BCUT2D eigenvalue weighted by Gasteiger charge is -2.40. The summed E-state index contributed by atoms with van der Waals surface area (Å²) < 4.78 is -0.645. The highest BCUT2D eigenvalue weighted by Gasteiger charge is 2.76. The standard InChI is InChI=1S/C25H39N3O4S/c1-6-9-10-13-27(12-8-3)24(32)21-25-17(4)16-18(33-25)19(22(30)26(5)11-7-2)20(25)23(31)28(21)14-15-29/h7-8,17-21,29H,2-3,6,9-16H2,1,4-5H3/t17?,18-,19+,20+,21?,25?/m1/s1. The van der Waals surface area contributed by atoms with E-state index in [1.54, 1.807) is 40.8 Å². The molecule has 0 aromatic rings. The van der Waals surface area contributed by atoms with Gasteiger partial charge >= 0.3 is 0 Å². The Labute approximate surface area is 202 Å². The summed E-state index contributed by atoms with van der Waals surface area (Å²) in [5.74, 6) is -1.17. The van der Waals surface area contributed by atoms with Gasteiger partial charge < -0.3 is 19.8 Å². The molecule has 184 valence electrons. The third kappa shape index (κ3) is 4.25. The molecule has 33 heavy (non-hydrogen) atoms. The van der Waals surface area contributed by atoms with Crippen molar-refractivity contribution in [2.75, 3.05) is 39.8 Å². The topological polar surface area (TPSA) is 81.2 Å². The van der Waals surface area contributed by atoms with E-state index in [2.05, 4.69) is 27.0 Å². The number of unbranched alkanes of at least 4 members (excludes halogenated alkanes) is 2. The molecule has 0 radical (unpaired) electrons. The summed E-state index contributed by atoms with van der Waals surface area (Å²) >= 11 is 1.67. The predicted molar refractivity (Wildman–Crippen MR) is 132 cm³/mol. The van der Waals surface area contributed by atoms with Gasteiger partial charge in [0.1, 0.15) is 6.04 Å². The molecule has 8 heteroatoms. The van der Waals surface area contributed by atoms with Crippen LogP contribution in [0.4, 0.5) is 0 Å². The number of β-amino-alcohol motifs (C(OH)–C–C–N with tert-alkyl or cyclic N) is 1. The van der Waals surface area contributed by atoms with Gasteiger partial charge in [0.2, 0.25) is 17.7 Å². The number of carbonyl (C=O) groups is 3. The third-order valence-electron chi connectivity index (χ3n) is 7.58. The molecular formula is C25H39N3O4S. The number of rotatable bonds is 12. The van der Waals surface area contributed by atoms with Crippen LogP contribution in [0.1, 0.15) is 39.5 Å². The number of aliphatic hydroxyl groups is 1. The van der Waals surface area contributed by atoms with Crippen LogP contribution in [0.15, 0.2) is 25.3 Å². The van der Waals surface area contributed by atoms with Crippen molar-refractivity contribution in [3.63, 3.8) is 0 Å². The Morgan fingerprint density at radius 2 is 1.94 bits per heavy atom. The van der Waals surface area contributed by atoms with Crippen molar-refractivity contribution in [1.82, 2.24) is 14.7 Å². The van der Waals surface area contributed by atoms with Gasteiger partial charge in [0.05, 0.1) is 23.2 Å². The molecule has 6 atom stereocenters. The van der Waals surface area contributed by atoms with E-state index in [4.69, 9.17) is 0 Å². The Morgan fingerprint density at radius 1 is 1.24 bits per heavy atom. The molecule has 3 amide bonds. The number of amides is 3. The highest BCUT2D eigenvalue weighted by Crippen LogP contribution is 2.68. The maximum absolute atomic E-state index is 14.0. The lowest BCUT2D eigenvalue weighted by Crippen LogP contribution is -2.57. The number of nitrogens with zero attached hydrogens (tertiary/aromatic N) is 3. The van der Waals surface area contributed by atoms with Crippen LogP contribution < -0.4 is 0 Å². The number of likely N-dealkylation sites (tertiary alicyclic amines) is 1. The first-order chi connectivity index (χ1) is 15.8. The normalized spacial score (nSPS) is 32.1. The van der Waals surface area contributed by atoms with Gasteiger partial charge in [0.15, 0.2) is 0 Å². The molecule has 3 aliphatic rings. The first kappa shape index (κ1) is 25.8. The lowest BCUT2D eigenvalue weighted by atomic mass is 9.65. The molecule has 3 saturated heterocycles. The molecule has 2 bridgehead atoms. The van der Waals surface area contributed by atoms with Crippen molar-refractivity contribution in [2.45, 2.75) is 55.6 Å². The SMILES string of the molecule is C=CCN(C)C(=O)[C@@H]1[C@H]2C(=O)N(CCO)C(C(=O)N(CC=C)CCCCC)C23S[C@@H]1CC3C. The number of hydrogen-bond donors (Lipinski definition) is 1. The monoisotopic (exact) mass is 477 g/mol. The van der Waals surface area contributed by atoms with Gasteiger partial charge in [-0.05, 0) is 18.8 Å². The van der Waals surface area contributed by atoms with Crippen LogP contribution in [0, 0.1) is 17.8 Å². The second kappa shape index (κ2) is 10.6. The maximum Gasteiger partial charge on any atom is 0.247 e. The Balaban J connectivity index is 2.00. The average Bonchev–Trinajstić information content (AvgIpc) is 3.37. The Hall–Kier alpha value is -1.80. The molecule has 3 fully saturated rings. The van der Waals surface area contributed by atoms with Gasteiger partial charge in [0.25, 0.3) is 0 Å². The van der Waals surface area contributed by atoms with Gasteiger partial charge in [-0.3, -0.25) is 14.4 Å². The zero-order valence-electron chi connectivity index (χ0n) is 20.2. The smallest absolute Gasteiger partial charge is 0.247 e. The molecule has 3 heterocycles. The molecule has 1 spiro atoms. The van der Waals surface area contributed by atoms with E-state index in [1.807, 2.05) is 4.90 Å². The van der Waals surface area contributed by atoms with E-state index in [1.165, 1.54) is 0 Å². The fourth-order valence-electron chi connectivity index (χ4n) is 6.14. The second-order valence-corrected chi connectivity index (χ2v) is 11.1. The summed E-state index contributed by atoms with van der Waals surface area (Å²) in [4.78, 5) is 46.2. The second-order valence-electron chi connectivity index (χ2n) is 9.60. The largest absolute Gasteiger partial charge is 0.395 e. The zero-order chi connectivity index (χ0) is 24.3. The number of carbonyl (C=O) groups excluding carboxylic acids is 3. The van der Waals surface area contributed by atoms with Crippen LogP contribution in [0.25, 0.3) is 0 Å². The van der Waals surface area contributed by atoms with Crippen LogP contribution in [0.2, 0.25) is 0 Å². The first-order valence-corrected chi connectivity index (χ1v) is 13.0. The van der Waals surface area contributed by atoms with Crippen molar-refractivity contribution in [1.29, 1.82) is 0 Å². The minimum absolute atomic E-state index is 0.0215. The molecular weight excluding hydrogens is 438 g/mol. The molecule has 0 aliphatic carbocycles. The van der Waals surface area contributed by atoms with Gasteiger partial charge in [-0.25, -0.2) is 0 Å². The Morgan fingerprint density at radius 3 is 2.55 bits per heavy atom. The number of aliphatic hydroxyl groups excluding tert-OH is 1. The molecule has 0 aromatic carbocycles. The summed E-state index contributed by atoms with van der Waals surface area (Å²) in [7, 11) is 1.74. The van der Waals surface area contributed by atoms with Gasteiger partial charge in [-0.2, -0.15) is 0 Å². The Kier molecular flexibility index (Phi) is 8.32. The summed E-state index contributed by atoms with van der Waals surface area (Å²) in [5.41, 5.74) is 0. The van der Waals surface area contributed by atoms with E-state index in [0.29, 0.717) is 19.6 Å². The van der Waals surface area contributed by atoms with Crippen LogP contribution >= 0.6 is 11.8 Å². The summed E-state index contributed by atoms with van der Waals surface area (Å²) in [6.45, 7) is 13.1. The molecule has 3 aliphatic heterocycles. The number of likely N-dealkylation sites (N-methyl/N-ethyl adjacent to an activating group) is 1. The number of thioether (sulfide) groups is 1. The summed E-state index contributed by atoms with van der Waals surface area (Å²) in [5, 5.41) is 9.78. The van der Waals surface area contributed by atoms with E-state index >= 15 is 0 Å². The van der Waals surface area contributed by atoms with Crippen molar-refractivity contribution in [2.24, 2.45) is 17.8 Å². The van der Waals surface area contributed by atoms with E-state index < -0.39 is 22.6 Å². The van der Waals surface area contributed by atoms with Gasteiger partial charge in [-0.1, -0.05) is 38.8 Å². The van der Waals surface area contributed by atoms with E-state index in [9.17, 15) is 19.5 Å². The van der Waals surface area contributed by atoms with Crippen LogP contribution in [0.3, 0.4) is 0 Å². The van der Waals surface area contributed by atoms with Gasteiger partial charge in [0, 0.05) is 38.5 Å². The summed E-state index contributed by atoms with van der Waals surface area (Å²) in [6.07, 6.45) is 7.19. The maximum atomic E-state index is 14.0. The zero-order valence-corrected chi connectivity index (χ0v) is 21.1. The fourth-order valence-corrected chi connectivity index (χ4v) is 8.55. The minimum atomic E-state index is -0.670. The molecule has 0 saturated carbocycles. The summed E-state index contributed by atoms with van der Waals surface area (Å²) in [6, 6.07) is -0.670. The molecule has 3 unspecified atom stereocenters. The predicted octanol–water partition coefficient (Wildman–Crippen LogP) is 2.17. The Bertz CT molecular complexity index is 790. The fraction of sp³-hybridized carbons (Fsp3) is 0.720. The van der Waals surface area contributed by atoms with Crippen molar-refractivity contribution >= 4 is 29.5 Å².